The van der Waals surface area contributed by atoms with Crippen LogP contribution in [0, 0.1) is 5.41 Å². The molecule has 7 nitrogen and oxygen atoms in total. The Morgan fingerprint density at radius 1 is 1.07 bits per heavy atom. The van der Waals surface area contributed by atoms with Gasteiger partial charge in [-0.05, 0) is 48.5 Å². The maximum atomic E-state index is 12.8. The van der Waals surface area contributed by atoms with Crippen molar-refractivity contribution in [1.29, 1.82) is 5.41 Å². The number of nitrogen functional groups attached to an aromatic ring is 1. The topological polar surface area (TPSA) is 99.7 Å². The molecule has 0 spiro atoms. The smallest absolute Gasteiger partial charge is 0.329 e. The summed E-state index contributed by atoms with van der Waals surface area (Å²) in [6.45, 7) is 1.17. The Bertz CT molecular complexity index is 852. The van der Waals surface area contributed by atoms with E-state index in [4.69, 9.17) is 11.1 Å². The van der Waals surface area contributed by atoms with E-state index in [2.05, 4.69) is 4.74 Å². The molecule has 0 aliphatic carbocycles. The van der Waals surface area contributed by atoms with Crippen molar-refractivity contribution >= 4 is 41.0 Å². The van der Waals surface area contributed by atoms with Crippen molar-refractivity contribution in [2.45, 2.75) is 4.90 Å². The number of nitrogens with one attached hydrogen (secondary N) is 1. The van der Waals surface area contributed by atoms with Gasteiger partial charge in [0.2, 0.25) is 0 Å². The lowest BCUT2D eigenvalue weighted by Crippen LogP contribution is -2.31. The predicted octanol–water partition coefficient (Wildman–Crippen LogP) is 2.68. The molecule has 27 heavy (non-hydrogen) atoms. The Morgan fingerprint density at radius 3 is 2.07 bits per heavy atom. The second kappa shape index (κ2) is 8.13. The van der Waals surface area contributed by atoms with Gasteiger partial charge < -0.3 is 10.5 Å². The van der Waals surface area contributed by atoms with Crippen LogP contribution < -0.4 is 15.5 Å². The summed E-state index contributed by atoms with van der Waals surface area (Å²) in [6, 6.07) is 14.5. The molecule has 0 bridgehead atoms. The summed E-state index contributed by atoms with van der Waals surface area (Å²) in [6.07, 6.45) is 0. The Hall–Kier alpha value is -3.00. The summed E-state index contributed by atoms with van der Waals surface area (Å²) in [5.74, 6) is -0.0194. The zero-order valence-electron chi connectivity index (χ0n) is 14.8. The fourth-order valence-corrected chi connectivity index (χ4v) is 3.49. The summed E-state index contributed by atoms with van der Waals surface area (Å²) >= 11 is 1.39. The fourth-order valence-electron chi connectivity index (χ4n) is 2.76. The molecule has 3 rings (SSSR count). The van der Waals surface area contributed by atoms with Crippen LogP contribution in [0.15, 0.2) is 53.4 Å². The number of thioether (sulfide) groups is 1. The van der Waals surface area contributed by atoms with Crippen LogP contribution in [0.4, 0.5) is 16.2 Å². The van der Waals surface area contributed by atoms with Crippen LogP contribution >= 0.6 is 11.8 Å². The highest BCUT2D eigenvalue weighted by molar-refractivity contribution is 8.00. The van der Waals surface area contributed by atoms with Gasteiger partial charge in [0.1, 0.15) is 5.84 Å². The standard InChI is InChI=1S/C19H20N4O3S/c1-26-17(24)12-27-16-8-6-15(7-9-16)23-11-10-22(19(23)25)14-4-2-13(3-5-14)18(20)21/h2-9H,10-12H2,1H3,(H3,20,21). The highest BCUT2D eigenvalue weighted by atomic mass is 32.2. The van der Waals surface area contributed by atoms with Crippen LogP contribution in [0.25, 0.3) is 0 Å². The van der Waals surface area contributed by atoms with E-state index in [-0.39, 0.29) is 23.6 Å². The van der Waals surface area contributed by atoms with E-state index in [0.29, 0.717) is 18.7 Å². The first kappa shape index (κ1) is 18.8. The van der Waals surface area contributed by atoms with Gasteiger partial charge in [0, 0.05) is 34.9 Å². The average Bonchev–Trinajstić information content (AvgIpc) is 3.08. The van der Waals surface area contributed by atoms with E-state index in [1.165, 1.54) is 18.9 Å². The number of hydrogen-bond acceptors (Lipinski definition) is 5. The maximum absolute atomic E-state index is 12.8. The number of carbonyl (C=O) groups is 2. The number of carbonyl (C=O) groups excluding carboxylic acids is 2. The number of hydrogen-bond donors (Lipinski definition) is 2. The highest BCUT2D eigenvalue weighted by Crippen LogP contribution is 2.27. The number of methoxy groups -OCH3 is 1. The van der Waals surface area contributed by atoms with Gasteiger partial charge in [0.25, 0.3) is 0 Å². The number of rotatable bonds is 6. The summed E-state index contributed by atoms with van der Waals surface area (Å²) in [5, 5.41) is 7.44. The molecule has 3 N–H and O–H groups in total. The molecule has 0 atom stereocenters. The van der Waals surface area contributed by atoms with Crippen molar-refractivity contribution in [2.24, 2.45) is 5.73 Å². The number of ether oxygens (including phenoxy) is 1. The fraction of sp³-hybridized carbons (Fsp3) is 0.211. The third kappa shape index (κ3) is 4.22. The molecule has 1 fully saturated rings. The molecule has 1 aliphatic rings. The van der Waals surface area contributed by atoms with Crippen molar-refractivity contribution in [3.05, 3.63) is 54.1 Å². The minimum atomic E-state index is -0.273. The molecule has 0 radical (unpaired) electrons. The maximum Gasteiger partial charge on any atom is 0.329 e. The first-order valence-electron chi connectivity index (χ1n) is 8.33. The first-order chi connectivity index (χ1) is 13.0. The number of anilines is 2. The normalized spacial score (nSPS) is 13.7. The minimum Gasteiger partial charge on any atom is -0.468 e. The van der Waals surface area contributed by atoms with E-state index in [0.717, 1.165) is 16.3 Å². The van der Waals surface area contributed by atoms with E-state index in [1.807, 2.05) is 24.3 Å². The summed E-state index contributed by atoms with van der Waals surface area (Å²) < 4.78 is 4.63. The molecule has 2 aromatic carbocycles. The molecule has 140 valence electrons. The number of amidine groups is 1. The summed E-state index contributed by atoms with van der Waals surface area (Å²) in [5.41, 5.74) is 7.68. The van der Waals surface area contributed by atoms with Crippen molar-refractivity contribution in [3.8, 4) is 0 Å². The van der Waals surface area contributed by atoms with Crippen LogP contribution in [0.5, 0.6) is 0 Å². The van der Waals surface area contributed by atoms with Crippen LogP contribution in [0.2, 0.25) is 0 Å². The monoisotopic (exact) mass is 384 g/mol. The van der Waals surface area contributed by atoms with Gasteiger partial charge in [0.05, 0.1) is 12.9 Å². The minimum absolute atomic E-state index is 0.00100. The van der Waals surface area contributed by atoms with Gasteiger partial charge in [-0.2, -0.15) is 0 Å². The molecule has 0 unspecified atom stereocenters. The van der Waals surface area contributed by atoms with Gasteiger partial charge in [0.15, 0.2) is 0 Å². The third-order valence-corrected chi connectivity index (χ3v) is 5.22. The second-order valence-corrected chi connectivity index (χ2v) is 6.95. The average molecular weight is 384 g/mol. The molecule has 2 aromatic rings. The Morgan fingerprint density at radius 2 is 1.59 bits per heavy atom. The lowest BCUT2D eigenvalue weighted by molar-refractivity contribution is -0.137. The largest absolute Gasteiger partial charge is 0.468 e. The van der Waals surface area contributed by atoms with Crippen LogP contribution in [-0.2, 0) is 9.53 Å². The number of nitrogens with two attached hydrogens (primary N) is 1. The number of benzene rings is 2. The molecular weight excluding hydrogens is 364 g/mol. The Kier molecular flexibility index (Phi) is 5.66. The van der Waals surface area contributed by atoms with E-state index in [1.54, 1.807) is 34.1 Å². The van der Waals surface area contributed by atoms with Gasteiger partial charge in [-0.3, -0.25) is 20.0 Å². The quantitative estimate of drug-likeness (QED) is 0.345. The first-order valence-corrected chi connectivity index (χ1v) is 9.31. The molecule has 0 aromatic heterocycles. The van der Waals surface area contributed by atoms with Crippen LogP contribution in [0.3, 0.4) is 0 Å². The molecule has 1 heterocycles. The van der Waals surface area contributed by atoms with Gasteiger partial charge >= 0.3 is 12.0 Å². The lowest BCUT2D eigenvalue weighted by atomic mass is 10.2. The van der Waals surface area contributed by atoms with Crippen molar-refractivity contribution in [3.63, 3.8) is 0 Å². The van der Waals surface area contributed by atoms with Gasteiger partial charge in [-0.15, -0.1) is 11.8 Å². The summed E-state index contributed by atoms with van der Waals surface area (Å²) in [7, 11) is 1.37. The molecule has 2 amide bonds. The van der Waals surface area contributed by atoms with E-state index in [9.17, 15) is 9.59 Å². The number of urea groups is 1. The number of nitrogens with zero attached hydrogens (tertiary/aromatic N) is 2. The summed E-state index contributed by atoms with van der Waals surface area (Å²) in [4.78, 5) is 28.3. The van der Waals surface area contributed by atoms with E-state index < -0.39 is 0 Å². The van der Waals surface area contributed by atoms with Crippen molar-refractivity contribution < 1.29 is 14.3 Å². The Labute approximate surface area is 161 Å². The van der Waals surface area contributed by atoms with Gasteiger partial charge in [-0.1, -0.05) is 0 Å². The second-order valence-electron chi connectivity index (χ2n) is 5.91. The highest BCUT2D eigenvalue weighted by Gasteiger charge is 2.30. The van der Waals surface area contributed by atoms with Crippen LogP contribution in [-0.4, -0.2) is 43.8 Å². The lowest BCUT2D eigenvalue weighted by Gasteiger charge is -2.19. The van der Waals surface area contributed by atoms with Crippen molar-refractivity contribution in [1.82, 2.24) is 0 Å². The van der Waals surface area contributed by atoms with Gasteiger partial charge in [-0.25, -0.2) is 4.79 Å². The molecule has 1 aliphatic heterocycles. The third-order valence-electron chi connectivity index (χ3n) is 4.23. The molecule has 0 saturated carbocycles. The number of amides is 2. The Balaban J connectivity index is 1.67. The van der Waals surface area contributed by atoms with Crippen molar-refractivity contribution in [2.75, 3.05) is 35.8 Å². The molecule has 1 saturated heterocycles. The zero-order chi connectivity index (χ0) is 19.4. The zero-order valence-corrected chi connectivity index (χ0v) is 15.7. The van der Waals surface area contributed by atoms with Crippen LogP contribution in [0.1, 0.15) is 5.56 Å². The molecule has 8 heteroatoms. The predicted molar refractivity (Wildman–Crippen MR) is 107 cm³/mol. The SMILES string of the molecule is COC(=O)CSc1ccc(N2CCN(c3ccc(C(=N)N)cc3)C2=O)cc1. The van der Waals surface area contributed by atoms with E-state index >= 15 is 0 Å². The number of esters is 1. The molecular formula is C19H20N4O3S.